The Labute approximate surface area is 178 Å². The molecule has 0 bridgehead atoms. The molecule has 0 aromatic carbocycles. The van der Waals surface area contributed by atoms with Crippen LogP contribution >= 0.6 is 0 Å². The Balaban J connectivity index is 0. The van der Waals surface area contributed by atoms with Gasteiger partial charge in [-0.05, 0) is 25.3 Å². The van der Waals surface area contributed by atoms with Crippen molar-refractivity contribution in [2.75, 3.05) is 19.3 Å². The van der Waals surface area contributed by atoms with Crippen molar-refractivity contribution in [3.63, 3.8) is 0 Å². The van der Waals surface area contributed by atoms with Crippen LogP contribution in [0.3, 0.4) is 0 Å². The van der Waals surface area contributed by atoms with E-state index in [0.29, 0.717) is 0 Å². The predicted octanol–water partition coefficient (Wildman–Crippen LogP) is -0.309. The van der Waals surface area contributed by atoms with E-state index in [2.05, 4.69) is 6.92 Å². The molecular formula is C15H28KNO4S. The monoisotopic (exact) mass is 357 g/mol. The zero-order valence-corrected chi connectivity index (χ0v) is 18.2. The van der Waals surface area contributed by atoms with Crippen LogP contribution in [-0.2, 0) is 14.9 Å². The normalized spacial score (nSPS) is 11.4. The molecule has 0 radical (unpaired) electrons. The third kappa shape index (κ3) is 17.1. The molecule has 0 aromatic heterocycles. The Morgan fingerprint density at radius 1 is 1.09 bits per heavy atom. The summed E-state index contributed by atoms with van der Waals surface area (Å²) < 4.78 is 31.3. The van der Waals surface area contributed by atoms with E-state index in [0.717, 1.165) is 12.8 Å². The van der Waals surface area contributed by atoms with Crippen molar-refractivity contribution in [1.29, 1.82) is 0 Å². The van der Waals surface area contributed by atoms with Gasteiger partial charge in [0, 0.05) is 19.3 Å². The Bertz CT molecular complexity index is 410. The van der Waals surface area contributed by atoms with Gasteiger partial charge in [-0.15, -0.1) is 0 Å². The van der Waals surface area contributed by atoms with Crippen LogP contribution in [0, 0.1) is 0 Å². The van der Waals surface area contributed by atoms with Gasteiger partial charge in [0.05, 0.1) is 10.1 Å². The summed E-state index contributed by atoms with van der Waals surface area (Å²) >= 11 is 0. The van der Waals surface area contributed by atoms with Crippen molar-refractivity contribution in [2.45, 2.75) is 58.3 Å². The van der Waals surface area contributed by atoms with Crippen LogP contribution in [0.1, 0.15) is 58.3 Å². The molecule has 0 aromatic rings. The number of carbonyl (C=O) groups is 1. The van der Waals surface area contributed by atoms with Crippen LogP contribution in [0.25, 0.3) is 0 Å². The number of allylic oxidation sites excluding steroid dienone is 1. The van der Waals surface area contributed by atoms with Crippen molar-refractivity contribution >= 4 is 16.0 Å². The molecule has 22 heavy (non-hydrogen) atoms. The second kappa shape index (κ2) is 15.3. The van der Waals surface area contributed by atoms with E-state index in [1.165, 1.54) is 43.1 Å². The molecule has 5 nitrogen and oxygen atoms in total. The van der Waals surface area contributed by atoms with Gasteiger partial charge in [-0.25, -0.2) is 8.42 Å². The first-order chi connectivity index (χ1) is 9.87. The van der Waals surface area contributed by atoms with Crippen molar-refractivity contribution < 1.29 is 69.1 Å². The Hall–Kier alpha value is 0.756. The summed E-state index contributed by atoms with van der Waals surface area (Å²) in [5, 5.41) is 0. The zero-order chi connectivity index (χ0) is 16.1. The maximum atomic E-state index is 11.7. The molecule has 0 aliphatic rings. The minimum atomic E-state index is -4.19. The van der Waals surface area contributed by atoms with Crippen LogP contribution in [-0.4, -0.2) is 43.1 Å². The van der Waals surface area contributed by atoms with E-state index in [9.17, 15) is 17.8 Å². The Morgan fingerprint density at radius 3 is 2.27 bits per heavy atom. The van der Waals surface area contributed by atoms with Gasteiger partial charge in [-0.2, -0.15) is 0 Å². The van der Waals surface area contributed by atoms with E-state index < -0.39 is 15.9 Å². The minimum Gasteiger partial charge on any atom is -0.748 e. The third-order valence-electron chi connectivity index (χ3n) is 3.25. The average Bonchev–Trinajstić information content (AvgIpc) is 2.40. The molecule has 0 aliphatic carbocycles. The number of nitrogens with zero attached hydrogens (tertiary/aromatic N) is 1. The molecule has 0 unspecified atom stereocenters. The summed E-state index contributed by atoms with van der Waals surface area (Å²) in [5.41, 5.74) is 0. The predicted molar refractivity (Wildman–Crippen MR) is 84.0 cm³/mol. The summed E-state index contributed by atoms with van der Waals surface area (Å²) in [7, 11) is -2.58. The van der Waals surface area contributed by atoms with Crippen molar-refractivity contribution in [1.82, 2.24) is 4.90 Å². The van der Waals surface area contributed by atoms with Gasteiger partial charge < -0.3 is 9.45 Å². The van der Waals surface area contributed by atoms with Gasteiger partial charge in [0.15, 0.2) is 0 Å². The van der Waals surface area contributed by atoms with Gasteiger partial charge >= 0.3 is 51.4 Å². The minimum absolute atomic E-state index is 0. The largest absolute Gasteiger partial charge is 1.00 e. The molecule has 1 amide bonds. The molecular weight excluding hydrogens is 329 g/mol. The SMILES string of the molecule is CCCCCCCC/C=C/C(=O)N(C)CCCS(=O)(=O)[O-].[K+]. The number of amides is 1. The molecule has 0 atom stereocenters. The zero-order valence-electron chi connectivity index (χ0n) is 14.2. The summed E-state index contributed by atoms with van der Waals surface area (Å²) in [4.78, 5) is 13.1. The molecule has 0 heterocycles. The van der Waals surface area contributed by atoms with Crippen LogP contribution in [0.15, 0.2) is 12.2 Å². The van der Waals surface area contributed by atoms with Crippen molar-refractivity contribution in [3.8, 4) is 0 Å². The van der Waals surface area contributed by atoms with Gasteiger partial charge in [0.25, 0.3) is 0 Å². The molecule has 0 spiro atoms. The van der Waals surface area contributed by atoms with Crippen LogP contribution in [0.5, 0.6) is 0 Å². The first-order valence-corrected chi connectivity index (χ1v) is 9.29. The molecule has 0 saturated carbocycles. The van der Waals surface area contributed by atoms with E-state index in [4.69, 9.17) is 0 Å². The van der Waals surface area contributed by atoms with Gasteiger partial charge in [0.2, 0.25) is 5.91 Å². The number of hydrogen-bond donors (Lipinski definition) is 0. The van der Waals surface area contributed by atoms with Gasteiger partial charge in [0.1, 0.15) is 0 Å². The van der Waals surface area contributed by atoms with Crippen LogP contribution < -0.4 is 51.4 Å². The van der Waals surface area contributed by atoms with E-state index in [1.807, 2.05) is 6.08 Å². The fraction of sp³-hybridized carbons (Fsp3) is 0.800. The second-order valence-corrected chi connectivity index (χ2v) is 6.86. The first-order valence-electron chi connectivity index (χ1n) is 7.72. The quantitative estimate of drug-likeness (QED) is 0.208. The summed E-state index contributed by atoms with van der Waals surface area (Å²) in [6.07, 6.45) is 11.8. The van der Waals surface area contributed by atoms with Crippen LogP contribution in [0.2, 0.25) is 0 Å². The Morgan fingerprint density at radius 2 is 1.68 bits per heavy atom. The first kappa shape index (κ1) is 25.0. The van der Waals surface area contributed by atoms with E-state index in [1.54, 1.807) is 7.05 Å². The standard InChI is InChI=1S/C15H29NO4S.K/c1-3-4-5-6-7-8-9-10-12-15(17)16(2)13-11-14-21(18,19)20;/h10,12H,3-9,11,13-14H2,1-2H3,(H,18,19,20);/q;+1/p-1/b12-10+;. The summed E-state index contributed by atoms with van der Waals surface area (Å²) in [6, 6.07) is 0. The molecule has 0 rings (SSSR count). The van der Waals surface area contributed by atoms with Gasteiger partial charge in [-0.1, -0.05) is 45.1 Å². The van der Waals surface area contributed by atoms with E-state index in [-0.39, 0.29) is 70.3 Å². The average molecular weight is 358 g/mol. The van der Waals surface area contributed by atoms with Gasteiger partial charge in [-0.3, -0.25) is 4.79 Å². The number of unbranched alkanes of at least 4 members (excludes halogenated alkanes) is 6. The van der Waals surface area contributed by atoms with Crippen molar-refractivity contribution in [3.05, 3.63) is 12.2 Å². The fourth-order valence-electron chi connectivity index (χ4n) is 1.94. The molecule has 124 valence electrons. The molecule has 0 aliphatic heterocycles. The molecule has 0 N–H and O–H groups in total. The Kier molecular flexibility index (Phi) is 17.4. The molecule has 7 heteroatoms. The second-order valence-electron chi connectivity index (χ2n) is 5.33. The topological polar surface area (TPSA) is 77.5 Å². The number of hydrogen-bond acceptors (Lipinski definition) is 4. The third-order valence-corrected chi connectivity index (χ3v) is 4.04. The smallest absolute Gasteiger partial charge is 0.748 e. The molecule has 0 fully saturated rings. The fourth-order valence-corrected chi connectivity index (χ4v) is 2.43. The van der Waals surface area contributed by atoms with E-state index >= 15 is 0 Å². The number of carbonyl (C=O) groups excluding carboxylic acids is 1. The number of rotatable bonds is 12. The maximum absolute atomic E-state index is 11.7. The summed E-state index contributed by atoms with van der Waals surface area (Å²) in [6.45, 7) is 2.47. The van der Waals surface area contributed by atoms with Crippen LogP contribution in [0.4, 0.5) is 0 Å². The number of likely N-dealkylation sites (N-methyl/N-ethyl adjacent to an activating group) is 1. The summed E-state index contributed by atoms with van der Waals surface area (Å²) in [5.74, 6) is -0.573. The molecule has 0 saturated heterocycles. The maximum Gasteiger partial charge on any atom is 1.00 e. The van der Waals surface area contributed by atoms with Crippen molar-refractivity contribution in [2.24, 2.45) is 0 Å².